The molecule has 1 unspecified atom stereocenters. The van der Waals surface area contributed by atoms with Gasteiger partial charge >= 0.3 is 0 Å². The zero-order valence-electron chi connectivity index (χ0n) is 5.67. The van der Waals surface area contributed by atoms with Crippen molar-refractivity contribution < 1.29 is 5.11 Å². The quantitative estimate of drug-likeness (QED) is 0.563. The first-order chi connectivity index (χ1) is 4.33. The molecule has 0 amide bonds. The summed E-state index contributed by atoms with van der Waals surface area (Å²) >= 11 is 0. The van der Waals surface area contributed by atoms with Gasteiger partial charge in [-0.1, -0.05) is 30.7 Å². The SMILES string of the molecule is CCC1=CC(O)CC=C1. The minimum Gasteiger partial charge on any atom is -0.389 e. The van der Waals surface area contributed by atoms with Gasteiger partial charge in [0, 0.05) is 0 Å². The lowest BCUT2D eigenvalue weighted by molar-refractivity contribution is 0.224. The summed E-state index contributed by atoms with van der Waals surface area (Å²) in [6.07, 6.45) is 7.58. The van der Waals surface area contributed by atoms with Crippen molar-refractivity contribution in [2.75, 3.05) is 0 Å². The molecule has 0 aromatic rings. The third-order valence-corrected chi connectivity index (χ3v) is 1.52. The minimum atomic E-state index is -0.232. The van der Waals surface area contributed by atoms with E-state index in [0.717, 1.165) is 12.8 Å². The van der Waals surface area contributed by atoms with E-state index in [-0.39, 0.29) is 6.10 Å². The molecule has 0 aliphatic heterocycles. The van der Waals surface area contributed by atoms with E-state index in [1.807, 2.05) is 12.2 Å². The third-order valence-electron chi connectivity index (χ3n) is 1.52. The summed E-state index contributed by atoms with van der Waals surface area (Å²) in [4.78, 5) is 0. The Hall–Kier alpha value is -0.560. The van der Waals surface area contributed by atoms with Gasteiger partial charge < -0.3 is 5.11 Å². The van der Waals surface area contributed by atoms with Crippen LogP contribution in [0.4, 0.5) is 0 Å². The standard InChI is InChI=1S/C8H12O/c1-2-7-4-3-5-8(9)6-7/h3-4,6,8-9H,2,5H2,1H3. The molecule has 1 heteroatoms. The summed E-state index contributed by atoms with van der Waals surface area (Å²) in [5.41, 5.74) is 1.24. The molecule has 0 saturated heterocycles. The van der Waals surface area contributed by atoms with Crippen molar-refractivity contribution >= 4 is 0 Å². The van der Waals surface area contributed by atoms with E-state index in [0.29, 0.717) is 0 Å². The summed E-state index contributed by atoms with van der Waals surface area (Å²) in [6.45, 7) is 2.09. The van der Waals surface area contributed by atoms with E-state index in [9.17, 15) is 0 Å². The van der Waals surface area contributed by atoms with Gasteiger partial charge in [0.1, 0.15) is 0 Å². The second-order valence-corrected chi connectivity index (χ2v) is 2.30. The molecule has 0 saturated carbocycles. The number of rotatable bonds is 1. The van der Waals surface area contributed by atoms with Crippen LogP contribution in [0.15, 0.2) is 23.8 Å². The maximum absolute atomic E-state index is 9.08. The normalized spacial score (nSPS) is 26.0. The van der Waals surface area contributed by atoms with E-state index in [1.165, 1.54) is 5.57 Å². The van der Waals surface area contributed by atoms with Gasteiger partial charge in [0.05, 0.1) is 6.10 Å². The Balaban J connectivity index is 2.59. The molecule has 50 valence electrons. The Labute approximate surface area is 55.7 Å². The fourth-order valence-electron chi connectivity index (χ4n) is 0.965. The lowest BCUT2D eigenvalue weighted by atomic mass is 10.0. The highest BCUT2D eigenvalue weighted by atomic mass is 16.3. The predicted molar refractivity (Wildman–Crippen MR) is 38.1 cm³/mol. The van der Waals surface area contributed by atoms with E-state index in [1.54, 1.807) is 0 Å². The van der Waals surface area contributed by atoms with Crippen LogP contribution >= 0.6 is 0 Å². The van der Waals surface area contributed by atoms with Gasteiger partial charge in [-0.2, -0.15) is 0 Å². The highest BCUT2D eigenvalue weighted by Crippen LogP contribution is 2.12. The summed E-state index contributed by atoms with van der Waals surface area (Å²) in [5.74, 6) is 0. The first-order valence-corrected chi connectivity index (χ1v) is 3.38. The number of hydrogen-bond acceptors (Lipinski definition) is 1. The summed E-state index contributed by atoms with van der Waals surface area (Å²) < 4.78 is 0. The zero-order chi connectivity index (χ0) is 6.69. The summed E-state index contributed by atoms with van der Waals surface area (Å²) in [7, 11) is 0. The van der Waals surface area contributed by atoms with Crippen LogP contribution in [0.5, 0.6) is 0 Å². The molecule has 0 aromatic heterocycles. The smallest absolute Gasteiger partial charge is 0.0761 e. The van der Waals surface area contributed by atoms with Gasteiger partial charge in [0.25, 0.3) is 0 Å². The van der Waals surface area contributed by atoms with Gasteiger partial charge in [0.2, 0.25) is 0 Å². The molecule has 0 spiro atoms. The minimum absolute atomic E-state index is 0.232. The molecule has 1 N–H and O–H groups in total. The van der Waals surface area contributed by atoms with E-state index < -0.39 is 0 Å². The molecule has 1 aliphatic carbocycles. The first-order valence-electron chi connectivity index (χ1n) is 3.38. The molecule has 1 rings (SSSR count). The second-order valence-electron chi connectivity index (χ2n) is 2.30. The Kier molecular flexibility index (Phi) is 2.06. The Morgan fingerprint density at radius 1 is 1.78 bits per heavy atom. The van der Waals surface area contributed by atoms with Gasteiger partial charge in [0.15, 0.2) is 0 Å². The molecule has 1 aliphatic rings. The maximum Gasteiger partial charge on any atom is 0.0761 e. The van der Waals surface area contributed by atoms with Crippen LogP contribution in [0.2, 0.25) is 0 Å². The Morgan fingerprint density at radius 3 is 3.00 bits per heavy atom. The average molecular weight is 124 g/mol. The van der Waals surface area contributed by atoms with Crippen molar-refractivity contribution in [3.63, 3.8) is 0 Å². The lowest BCUT2D eigenvalue weighted by Crippen LogP contribution is -2.04. The Morgan fingerprint density at radius 2 is 2.56 bits per heavy atom. The van der Waals surface area contributed by atoms with Crippen LogP contribution in [0.1, 0.15) is 19.8 Å². The van der Waals surface area contributed by atoms with Crippen LogP contribution in [0, 0.1) is 0 Å². The van der Waals surface area contributed by atoms with Crippen molar-refractivity contribution in [3.8, 4) is 0 Å². The number of aliphatic hydroxyl groups excluding tert-OH is 1. The Bertz CT molecular complexity index is 145. The molecule has 0 bridgehead atoms. The zero-order valence-corrected chi connectivity index (χ0v) is 5.67. The fraction of sp³-hybridized carbons (Fsp3) is 0.500. The monoisotopic (exact) mass is 124 g/mol. The van der Waals surface area contributed by atoms with Gasteiger partial charge in [-0.15, -0.1) is 0 Å². The molecular formula is C8H12O. The summed E-state index contributed by atoms with van der Waals surface area (Å²) in [5, 5.41) is 9.08. The molecule has 0 fully saturated rings. The highest BCUT2D eigenvalue weighted by molar-refractivity contribution is 5.23. The second kappa shape index (κ2) is 2.83. The highest BCUT2D eigenvalue weighted by Gasteiger charge is 2.02. The van der Waals surface area contributed by atoms with Crippen LogP contribution < -0.4 is 0 Å². The molecular weight excluding hydrogens is 112 g/mol. The van der Waals surface area contributed by atoms with E-state index in [2.05, 4.69) is 13.0 Å². The largest absolute Gasteiger partial charge is 0.389 e. The van der Waals surface area contributed by atoms with Crippen molar-refractivity contribution in [2.45, 2.75) is 25.9 Å². The van der Waals surface area contributed by atoms with Crippen LogP contribution in [-0.4, -0.2) is 11.2 Å². The molecule has 9 heavy (non-hydrogen) atoms. The predicted octanol–water partition coefficient (Wildman–Crippen LogP) is 1.64. The number of allylic oxidation sites excluding steroid dienone is 2. The van der Waals surface area contributed by atoms with E-state index >= 15 is 0 Å². The molecule has 0 aromatic carbocycles. The topological polar surface area (TPSA) is 20.2 Å². The van der Waals surface area contributed by atoms with Crippen molar-refractivity contribution in [2.24, 2.45) is 0 Å². The van der Waals surface area contributed by atoms with Crippen molar-refractivity contribution in [1.29, 1.82) is 0 Å². The van der Waals surface area contributed by atoms with Crippen LogP contribution in [-0.2, 0) is 0 Å². The lowest BCUT2D eigenvalue weighted by Gasteiger charge is -2.08. The molecule has 1 nitrogen and oxygen atoms in total. The number of aliphatic hydroxyl groups is 1. The van der Waals surface area contributed by atoms with Crippen LogP contribution in [0.3, 0.4) is 0 Å². The van der Waals surface area contributed by atoms with Crippen molar-refractivity contribution in [1.82, 2.24) is 0 Å². The first kappa shape index (κ1) is 6.56. The van der Waals surface area contributed by atoms with Crippen molar-refractivity contribution in [3.05, 3.63) is 23.8 Å². The molecule has 0 radical (unpaired) electrons. The molecule has 1 atom stereocenters. The number of hydrogen-bond donors (Lipinski definition) is 1. The third kappa shape index (κ3) is 1.68. The molecule has 0 heterocycles. The average Bonchev–Trinajstić information content (AvgIpc) is 1.88. The fourth-order valence-corrected chi connectivity index (χ4v) is 0.965. The summed E-state index contributed by atoms with van der Waals surface area (Å²) in [6, 6.07) is 0. The maximum atomic E-state index is 9.08. The van der Waals surface area contributed by atoms with Gasteiger partial charge in [-0.25, -0.2) is 0 Å². The van der Waals surface area contributed by atoms with Gasteiger partial charge in [-0.05, 0) is 12.8 Å². The van der Waals surface area contributed by atoms with E-state index in [4.69, 9.17) is 5.11 Å². The van der Waals surface area contributed by atoms with Gasteiger partial charge in [-0.3, -0.25) is 0 Å². The van der Waals surface area contributed by atoms with Crippen LogP contribution in [0.25, 0.3) is 0 Å².